The number of hydrogen-bond donors (Lipinski definition) is 1. The van der Waals surface area contributed by atoms with E-state index in [1.54, 1.807) is 11.6 Å². The fourth-order valence-electron chi connectivity index (χ4n) is 1.19. The van der Waals surface area contributed by atoms with Gasteiger partial charge in [0.2, 0.25) is 0 Å². The van der Waals surface area contributed by atoms with Crippen molar-refractivity contribution >= 4 is 22.8 Å². The Hall–Kier alpha value is -2.02. The van der Waals surface area contributed by atoms with Gasteiger partial charge in [-0.2, -0.15) is 0 Å². The summed E-state index contributed by atoms with van der Waals surface area (Å²) in [7, 11) is 0. The van der Waals surface area contributed by atoms with Gasteiger partial charge in [0.15, 0.2) is 0 Å². The van der Waals surface area contributed by atoms with Crippen LogP contribution in [0.25, 0.3) is 10.6 Å². The Morgan fingerprint density at radius 1 is 1.40 bits per heavy atom. The zero-order chi connectivity index (χ0) is 10.8. The molecular weight excluding hydrogens is 216 g/mol. The molecule has 0 atom stereocenters. The molecule has 2 aromatic heterocycles. The average molecular weight is 222 g/mol. The number of thiazole rings is 1. The standard InChI is InChI=1S/C8H6N4O2S/c9-7-6(8-11-3-4-15-8)5(12(13)14)1-2-10-7/h1-4H,(H2,9,10). The summed E-state index contributed by atoms with van der Waals surface area (Å²) >= 11 is 1.29. The number of nitrogens with two attached hydrogens (primary N) is 1. The second kappa shape index (κ2) is 3.62. The predicted molar refractivity (Wildman–Crippen MR) is 56.4 cm³/mol. The summed E-state index contributed by atoms with van der Waals surface area (Å²) in [4.78, 5) is 18.1. The number of aromatic nitrogens is 2. The zero-order valence-corrected chi connectivity index (χ0v) is 8.27. The molecule has 2 heterocycles. The lowest BCUT2D eigenvalue weighted by atomic mass is 10.2. The molecule has 0 saturated carbocycles. The molecule has 0 amide bonds. The number of nitrogen functional groups attached to an aromatic ring is 1. The van der Waals surface area contributed by atoms with Gasteiger partial charge in [-0.3, -0.25) is 10.1 Å². The van der Waals surface area contributed by atoms with Crippen molar-refractivity contribution in [3.63, 3.8) is 0 Å². The zero-order valence-electron chi connectivity index (χ0n) is 7.45. The quantitative estimate of drug-likeness (QED) is 0.616. The number of nitro groups is 1. The molecule has 2 rings (SSSR count). The molecule has 2 aromatic rings. The summed E-state index contributed by atoms with van der Waals surface area (Å²) in [5.41, 5.74) is 5.82. The monoisotopic (exact) mass is 222 g/mol. The van der Waals surface area contributed by atoms with Gasteiger partial charge < -0.3 is 5.73 Å². The Labute approximate surface area is 88.6 Å². The third-order valence-corrected chi connectivity index (χ3v) is 2.59. The first kappa shape index (κ1) is 9.53. The molecule has 76 valence electrons. The lowest BCUT2D eigenvalue weighted by Gasteiger charge is -2.01. The van der Waals surface area contributed by atoms with Gasteiger partial charge in [0.25, 0.3) is 5.69 Å². The third kappa shape index (κ3) is 1.64. The van der Waals surface area contributed by atoms with Crippen LogP contribution in [-0.2, 0) is 0 Å². The molecule has 0 aromatic carbocycles. The van der Waals surface area contributed by atoms with Crippen LogP contribution in [0.2, 0.25) is 0 Å². The largest absolute Gasteiger partial charge is 0.383 e. The van der Waals surface area contributed by atoms with Gasteiger partial charge in [-0.1, -0.05) is 0 Å². The van der Waals surface area contributed by atoms with Crippen LogP contribution in [0.1, 0.15) is 0 Å². The van der Waals surface area contributed by atoms with Crippen LogP contribution >= 0.6 is 11.3 Å². The Morgan fingerprint density at radius 2 is 2.20 bits per heavy atom. The van der Waals surface area contributed by atoms with E-state index in [9.17, 15) is 10.1 Å². The molecule has 0 aliphatic heterocycles. The molecule has 0 aliphatic carbocycles. The lowest BCUT2D eigenvalue weighted by Crippen LogP contribution is -1.98. The van der Waals surface area contributed by atoms with Crippen molar-refractivity contribution in [1.29, 1.82) is 0 Å². The normalized spacial score (nSPS) is 10.1. The van der Waals surface area contributed by atoms with Crippen molar-refractivity contribution in [1.82, 2.24) is 9.97 Å². The highest BCUT2D eigenvalue weighted by molar-refractivity contribution is 7.13. The molecule has 0 aliphatic rings. The van der Waals surface area contributed by atoms with Crippen molar-refractivity contribution in [2.45, 2.75) is 0 Å². The van der Waals surface area contributed by atoms with Crippen molar-refractivity contribution < 1.29 is 4.92 Å². The fraction of sp³-hybridized carbons (Fsp3) is 0. The van der Waals surface area contributed by atoms with Crippen LogP contribution in [0.5, 0.6) is 0 Å². The molecule has 7 heteroatoms. The van der Waals surface area contributed by atoms with E-state index < -0.39 is 4.92 Å². The predicted octanol–water partition coefficient (Wildman–Crippen LogP) is 1.70. The minimum absolute atomic E-state index is 0.0718. The van der Waals surface area contributed by atoms with E-state index in [0.717, 1.165) is 0 Å². The van der Waals surface area contributed by atoms with E-state index in [2.05, 4.69) is 9.97 Å². The Kier molecular flexibility index (Phi) is 2.30. The van der Waals surface area contributed by atoms with Crippen molar-refractivity contribution in [2.24, 2.45) is 0 Å². The minimum atomic E-state index is -0.491. The van der Waals surface area contributed by atoms with Crippen LogP contribution in [0.3, 0.4) is 0 Å². The van der Waals surface area contributed by atoms with Gasteiger partial charge >= 0.3 is 0 Å². The van der Waals surface area contributed by atoms with Crippen LogP contribution in [0.15, 0.2) is 23.8 Å². The lowest BCUT2D eigenvalue weighted by molar-refractivity contribution is -0.384. The first-order chi connectivity index (χ1) is 7.20. The molecule has 15 heavy (non-hydrogen) atoms. The Balaban J connectivity index is 2.68. The first-order valence-corrected chi connectivity index (χ1v) is 4.87. The van der Waals surface area contributed by atoms with Gasteiger partial charge in [0.1, 0.15) is 16.4 Å². The highest BCUT2D eigenvalue weighted by Crippen LogP contribution is 2.34. The highest BCUT2D eigenvalue weighted by Gasteiger charge is 2.20. The number of nitrogens with zero attached hydrogens (tertiary/aromatic N) is 3. The highest BCUT2D eigenvalue weighted by atomic mass is 32.1. The van der Waals surface area contributed by atoms with Gasteiger partial charge in [-0.15, -0.1) is 11.3 Å². The molecule has 0 bridgehead atoms. The Bertz CT molecular complexity index is 497. The van der Waals surface area contributed by atoms with E-state index in [1.807, 2.05) is 0 Å². The van der Waals surface area contributed by atoms with E-state index in [4.69, 9.17) is 5.73 Å². The molecular formula is C8H6N4O2S. The maximum atomic E-state index is 10.8. The van der Waals surface area contributed by atoms with Crippen LogP contribution in [-0.4, -0.2) is 14.9 Å². The summed E-state index contributed by atoms with van der Waals surface area (Å²) in [5, 5.41) is 13.0. The van der Waals surface area contributed by atoms with E-state index in [1.165, 1.54) is 23.6 Å². The van der Waals surface area contributed by atoms with Crippen molar-refractivity contribution in [3.05, 3.63) is 34.0 Å². The van der Waals surface area contributed by atoms with Crippen LogP contribution < -0.4 is 5.73 Å². The topological polar surface area (TPSA) is 94.9 Å². The number of anilines is 1. The van der Waals surface area contributed by atoms with Crippen molar-refractivity contribution in [3.8, 4) is 10.6 Å². The van der Waals surface area contributed by atoms with Gasteiger partial charge in [0.05, 0.1) is 4.92 Å². The summed E-state index contributed by atoms with van der Waals surface area (Å²) in [6.45, 7) is 0. The SMILES string of the molecule is Nc1nccc([N+](=O)[O-])c1-c1nccs1. The average Bonchev–Trinajstić information content (AvgIpc) is 2.70. The number of pyridine rings is 1. The van der Waals surface area contributed by atoms with Crippen LogP contribution in [0.4, 0.5) is 11.5 Å². The maximum Gasteiger partial charge on any atom is 0.284 e. The van der Waals surface area contributed by atoms with Crippen molar-refractivity contribution in [2.75, 3.05) is 5.73 Å². The summed E-state index contributed by atoms with van der Waals surface area (Å²) in [5.74, 6) is 0.124. The fourth-order valence-corrected chi connectivity index (χ4v) is 1.88. The summed E-state index contributed by atoms with van der Waals surface area (Å²) < 4.78 is 0. The minimum Gasteiger partial charge on any atom is -0.383 e. The molecule has 0 unspecified atom stereocenters. The Morgan fingerprint density at radius 3 is 2.80 bits per heavy atom. The number of hydrogen-bond acceptors (Lipinski definition) is 6. The van der Waals surface area contributed by atoms with Gasteiger partial charge in [-0.05, 0) is 0 Å². The molecule has 0 fully saturated rings. The summed E-state index contributed by atoms with van der Waals surface area (Å²) in [6, 6.07) is 1.31. The molecule has 6 nitrogen and oxygen atoms in total. The second-order valence-electron chi connectivity index (χ2n) is 2.68. The first-order valence-electron chi connectivity index (χ1n) is 3.99. The van der Waals surface area contributed by atoms with Gasteiger partial charge in [-0.25, -0.2) is 9.97 Å². The van der Waals surface area contributed by atoms with E-state index in [0.29, 0.717) is 5.01 Å². The molecule has 0 radical (unpaired) electrons. The maximum absolute atomic E-state index is 10.8. The smallest absolute Gasteiger partial charge is 0.284 e. The second-order valence-corrected chi connectivity index (χ2v) is 3.58. The van der Waals surface area contributed by atoms with E-state index >= 15 is 0 Å². The van der Waals surface area contributed by atoms with Gasteiger partial charge in [0, 0.05) is 23.8 Å². The molecule has 0 saturated heterocycles. The third-order valence-electron chi connectivity index (χ3n) is 1.80. The number of rotatable bonds is 2. The van der Waals surface area contributed by atoms with E-state index in [-0.39, 0.29) is 17.1 Å². The summed E-state index contributed by atoms with van der Waals surface area (Å²) in [6.07, 6.45) is 2.88. The van der Waals surface area contributed by atoms with Crippen LogP contribution in [0, 0.1) is 10.1 Å². The molecule has 2 N–H and O–H groups in total. The molecule has 0 spiro atoms.